The number of nitrogens with zero attached hydrogens (tertiary/aromatic N) is 3. The molecule has 0 aromatic carbocycles. The number of rotatable bonds is 4. The smallest absolute Gasteiger partial charge is 0.147 e. The van der Waals surface area contributed by atoms with E-state index in [-0.39, 0.29) is 0 Å². The molecule has 0 saturated carbocycles. The highest BCUT2D eigenvalue weighted by atomic mass is 32.1. The molecular formula is C15H22N4S. The van der Waals surface area contributed by atoms with Gasteiger partial charge in [0.05, 0.1) is 10.2 Å². The van der Waals surface area contributed by atoms with Crippen LogP contribution in [0.25, 0.3) is 10.2 Å². The molecule has 1 saturated heterocycles. The number of anilines is 1. The fourth-order valence-corrected chi connectivity index (χ4v) is 3.68. The van der Waals surface area contributed by atoms with E-state index in [1.54, 1.807) is 17.7 Å². The number of thiophene rings is 1. The van der Waals surface area contributed by atoms with Gasteiger partial charge in [-0.3, -0.25) is 0 Å². The molecule has 1 aliphatic heterocycles. The van der Waals surface area contributed by atoms with Crippen molar-refractivity contribution in [3.05, 3.63) is 17.3 Å². The molecule has 1 fully saturated rings. The van der Waals surface area contributed by atoms with Crippen LogP contribution >= 0.6 is 11.3 Å². The van der Waals surface area contributed by atoms with Crippen LogP contribution < -0.4 is 5.32 Å². The molecule has 108 valence electrons. The first-order valence-electron chi connectivity index (χ1n) is 7.39. The minimum atomic E-state index is 0.898. The monoisotopic (exact) mass is 290 g/mol. The van der Waals surface area contributed by atoms with Crippen LogP contribution in [0.1, 0.15) is 25.3 Å². The summed E-state index contributed by atoms with van der Waals surface area (Å²) >= 11 is 1.73. The second-order valence-corrected chi connectivity index (χ2v) is 6.65. The van der Waals surface area contributed by atoms with Gasteiger partial charge in [-0.25, -0.2) is 9.97 Å². The van der Waals surface area contributed by atoms with Gasteiger partial charge >= 0.3 is 0 Å². The summed E-state index contributed by atoms with van der Waals surface area (Å²) < 4.78 is 1.18. The Balaban J connectivity index is 1.57. The highest BCUT2D eigenvalue weighted by molar-refractivity contribution is 7.18. The van der Waals surface area contributed by atoms with Crippen LogP contribution in [-0.2, 0) is 0 Å². The molecule has 0 radical (unpaired) electrons. The molecule has 0 bridgehead atoms. The lowest BCUT2D eigenvalue weighted by Crippen LogP contribution is -2.36. The Hall–Kier alpha value is -1.20. The summed E-state index contributed by atoms with van der Waals surface area (Å²) in [6, 6.07) is 0. The Morgan fingerprint density at radius 1 is 1.35 bits per heavy atom. The number of hydrogen-bond donors (Lipinski definition) is 1. The summed E-state index contributed by atoms with van der Waals surface area (Å²) in [5.41, 5.74) is 2.32. The van der Waals surface area contributed by atoms with Gasteiger partial charge in [0.15, 0.2) is 0 Å². The highest BCUT2D eigenvalue weighted by Gasteiger charge is 2.15. The first-order chi connectivity index (χ1) is 9.74. The molecule has 5 heteroatoms. The van der Waals surface area contributed by atoms with E-state index in [4.69, 9.17) is 0 Å². The maximum atomic E-state index is 4.38. The maximum Gasteiger partial charge on any atom is 0.147 e. The number of nitrogens with one attached hydrogen (secondary N) is 1. The molecule has 2 aromatic rings. The normalized spacial score (nSPS) is 17.7. The molecule has 0 unspecified atom stereocenters. The minimum Gasteiger partial charge on any atom is -0.367 e. The molecule has 1 aliphatic rings. The van der Waals surface area contributed by atoms with Crippen LogP contribution in [-0.4, -0.2) is 41.0 Å². The second kappa shape index (κ2) is 6.06. The predicted molar refractivity (Wildman–Crippen MR) is 85.5 cm³/mol. The number of hydrogen-bond acceptors (Lipinski definition) is 5. The Bertz CT molecular complexity index is 572. The van der Waals surface area contributed by atoms with E-state index in [0.29, 0.717) is 0 Å². The van der Waals surface area contributed by atoms with E-state index in [1.165, 1.54) is 36.2 Å². The summed E-state index contributed by atoms with van der Waals surface area (Å²) in [5.74, 6) is 1.88. The first kappa shape index (κ1) is 13.8. The number of aromatic nitrogens is 2. The van der Waals surface area contributed by atoms with Crippen molar-refractivity contribution in [1.82, 2.24) is 14.9 Å². The second-order valence-electron chi connectivity index (χ2n) is 5.77. The molecule has 2 aromatic heterocycles. The van der Waals surface area contributed by atoms with Crippen molar-refractivity contribution in [2.24, 2.45) is 5.92 Å². The van der Waals surface area contributed by atoms with Crippen molar-refractivity contribution in [3.63, 3.8) is 0 Å². The first-order valence-corrected chi connectivity index (χ1v) is 8.27. The molecular weight excluding hydrogens is 268 g/mol. The van der Waals surface area contributed by atoms with Gasteiger partial charge in [-0.05, 0) is 49.7 Å². The van der Waals surface area contributed by atoms with Crippen LogP contribution in [0.15, 0.2) is 11.7 Å². The van der Waals surface area contributed by atoms with E-state index in [1.807, 2.05) is 0 Å². The quantitative estimate of drug-likeness (QED) is 0.939. The summed E-state index contributed by atoms with van der Waals surface area (Å²) in [6.07, 6.45) is 4.33. The van der Waals surface area contributed by atoms with Crippen LogP contribution in [0, 0.1) is 12.8 Å². The molecule has 0 atom stereocenters. The molecule has 0 aliphatic carbocycles. The SMILES string of the molecule is Cc1csc2c(NCCN3CCC(C)CC3)ncnc12. The highest BCUT2D eigenvalue weighted by Crippen LogP contribution is 2.28. The van der Waals surface area contributed by atoms with Gasteiger partial charge in [-0.2, -0.15) is 0 Å². The topological polar surface area (TPSA) is 41.0 Å². The van der Waals surface area contributed by atoms with E-state index in [2.05, 4.69) is 39.4 Å². The van der Waals surface area contributed by atoms with Crippen LogP contribution in [0.5, 0.6) is 0 Å². The van der Waals surface area contributed by atoms with E-state index >= 15 is 0 Å². The van der Waals surface area contributed by atoms with Crippen LogP contribution in [0.2, 0.25) is 0 Å². The average molecular weight is 290 g/mol. The summed E-state index contributed by atoms with van der Waals surface area (Å²) in [6.45, 7) is 8.98. The van der Waals surface area contributed by atoms with Crippen molar-refractivity contribution in [2.45, 2.75) is 26.7 Å². The van der Waals surface area contributed by atoms with Gasteiger partial charge in [-0.15, -0.1) is 11.3 Å². The summed E-state index contributed by atoms with van der Waals surface area (Å²) in [5, 5.41) is 5.63. The summed E-state index contributed by atoms with van der Waals surface area (Å²) in [7, 11) is 0. The minimum absolute atomic E-state index is 0.898. The predicted octanol–water partition coefficient (Wildman–Crippen LogP) is 3.14. The zero-order valence-electron chi connectivity index (χ0n) is 12.2. The lowest BCUT2D eigenvalue weighted by Gasteiger charge is -2.30. The Labute approximate surface area is 124 Å². The molecule has 3 heterocycles. The van der Waals surface area contributed by atoms with Crippen molar-refractivity contribution < 1.29 is 0 Å². The van der Waals surface area contributed by atoms with E-state index in [0.717, 1.165) is 30.3 Å². The maximum absolute atomic E-state index is 4.38. The lowest BCUT2D eigenvalue weighted by atomic mass is 9.99. The fraction of sp³-hybridized carbons (Fsp3) is 0.600. The third kappa shape index (κ3) is 2.94. The Morgan fingerprint density at radius 2 is 2.15 bits per heavy atom. The molecule has 3 rings (SSSR count). The standard InChI is InChI=1S/C15H22N4S/c1-11-3-6-19(7-4-11)8-5-16-15-14-13(17-10-18-15)12(2)9-20-14/h9-11H,3-8H2,1-2H3,(H,16,17,18). The average Bonchev–Trinajstić information content (AvgIpc) is 2.84. The van der Waals surface area contributed by atoms with Crippen LogP contribution in [0.4, 0.5) is 5.82 Å². The zero-order valence-corrected chi connectivity index (χ0v) is 13.0. The van der Waals surface area contributed by atoms with Crippen molar-refractivity contribution in [2.75, 3.05) is 31.5 Å². The van der Waals surface area contributed by atoms with Gasteiger partial charge in [0.1, 0.15) is 12.1 Å². The number of piperidine rings is 1. The van der Waals surface area contributed by atoms with E-state index in [9.17, 15) is 0 Å². The van der Waals surface area contributed by atoms with E-state index < -0.39 is 0 Å². The third-order valence-electron chi connectivity index (χ3n) is 4.13. The largest absolute Gasteiger partial charge is 0.367 e. The molecule has 0 amide bonds. The van der Waals surface area contributed by atoms with Crippen molar-refractivity contribution >= 4 is 27.4 Å². The van der Waals surface area contributed by atoms with Gasteiger partial charge in [-0.1, -0.05) is 6.92 Å². The lowest BCUT2D eigenvalue weighted by molar-refractivity contribution is 0.199. The molecule has 0 spiro atoms. The molecule has 4 nitrogen and oxygen atoms in total. The van der Waals surface area contributed by atoms with Crippen LogP contribution in [0.3, 0.4) is 0 Å². The molecule has 20 heavy (non-hydrogen) atoms. The van der Waals surface area contributed by atoms with Gasteiger partial charge in [0.2, 0.25) is 0 Å². The fourth-order valence-electron chi connectivity index (χ4n) is 2.71. The Kier molecular flexibility index (Phi) is 4.17. The van der Waals surface area contributed by atoms with Gasteiger partial charge in [0.25, 0.3) is 0 Å². The van der Waals surface area contributed by atoms with Gasteiger partial charge < -0.3 is 10.2 Å². The third-order valence-corrected chi connectivity index (χ3v) is 5.22. The number of likely N-dealkylation sites (tertiary alicyclic amines) is 1. The number of fused-ring (bicyclic) bond motifs is 1. The van der Waals surface area contributed by atoms with Crippen molar-refractivity contribution in [1.29, 1.82) is 0 Å². The van der Waals surface area contributed by atoms with Gasteiger partial charge in [0, 0.05) is 13.1 Å². The zero-order chi connectivity index (χ0) is 13.9. The molecule has 1 N–H and O–H groups in total. The number of aryl methyl sites for hydroxylation is 1. The van der Waals surface area contributed by atoms with Crippen molar-refractivity contribution in [3.8, 4) is 0 Å². The summed E-state index contributed by atoms with van der Waals surface area (Å²) in [4.78, 5) is 11.3. The Morgan fingerprint density at radius 3 is 2.95 bits per heavy atom.